The van der Waals surface area contributed by atoms with Crippen LogP contribution in [0.2, 0.25) is 0 Å². The summed E-state index contributed by atoms with van der Waals surface area (Å²) in [4.78, 5) is 23.1. The maximum Gasteiger partial charge on any atom is 0.312 e. The highest BCUT2D eigenvalue weighted by Crippen LogP contribution is 2.31. The molecule has 1 atom stereocenters. The van der Waals surface area contributed by atoms with E-state index in [1.54, 1.807) is 13.8 Å². The number of sulfonamides is 1. The molecular weight excluding hydrogens is 458 g/mol. The molecule has 3 aromatic carbocycles. The Morgan fingerprint density at radius 1 is 1.09 bits per heavy atom. The van der Waals surface area contributed by atoms with E-state index in [9.17, 15) is 23.3 Å². The van der Waals surface area contributed by atoms with Gasteiger partial charge in [-0.2, -0.15) is 4.31 Å². The second-order valence-electron chi connectivity index (χ2n) is 7.62. The first-order chi connectivity index (χ1) is 16.2. The van der Waals surface area contributed by atoms with Gasteiger partial charge in [-0.05, 0) is 35.4 Å². The number of hydrogen-bond donors (Lipinski definition) is 1. The van der Waals surface area contributed by atoms with Crippen LogP contribution < -0.4 is 10.1 Å². The van der Waals surface area contributed by atoms with Crippen molar-refractivity contribution in [1.82, 2.24) is 9.62 Å². The maximum absolute atomic E-state index is 12.7. The maximum atomic E-state index is 12.7. The summed E-state index contributed by atoms with van der Waals surface area (Å²) in [5.74, 6) is -0.647. The number of carbonyl (C=O) groups excluding carboxylic acids is 1. The summed E-state index contributed by atoms with van der Waals surface area (Å²) in [6.45, 7) is 5.22. The molecule has 10 heteroatoms. The van der Waals surface area contributed by atoms with E-state index >= 15 is 0 Å². The van der Waals surface area contributed by atoms with Gasteiger partial charge >= 0.3 is 5.69 Å². The van der Waals surface area contributed by atoms with E-state index in [1.165, 1.54) is 16.4 Å². The number of fused-ring (bicyclic) bond motifs is 1. The zero-order chi connectivity index (χ0) is 24.9. The predicted molar refractivity (Wildman–Crippen MR) is 129 cm³/mol. The number of hydrogen-bond acceptors (Lipinski definition) is 6. The second kappa shape index (κ2) is 10.6. The predicted octanol–water partition coefficient (Wildman–Crippen LogP) is 4.03. The summed E-state index contributed by atoms with van der Waals surface area (Å²) in [5.41, 5.74) is 0.409. The van der Waals surface area contributed by atoms with Crippen molar-refractivity contribution in [2.45, 2.75) is 31.7 Å². The van der Waals surface area contributed by atoms with Gasteiger partial charge in [-0.3, -0.25) is 14.9 Å². The third-order valence-corrected chi connectivity index (χ3v) is 7.54. The molecule has 0 aliphatic rings. The smallest absolute Gasteiger partial charge is 0.312 e. The average Bonchev–Trinajstić information content (AvgIpc) is 2.82. The lowest BCUT2D eigenvalue weighted by molar-refractivity contribution is -0.386. The molecule has 180 valence electrons. The number of carbonyl (C=O) groups is 1. The zero-order valence-corrected chi connectivity index (χ0v) is 20.0. The third-order valence-electron chi connectivity index (χ3n) is 5.50. The minimum atomic E-state index is -3.88. The molecule has 0 aliphatic heterocycles. The molecule has 3 rings (SSSR count). The first-order valence-electron chi connectivity index (χ1n) is 10.9. The van der Waals surface area contributed by atoms with Crippen LogP contribution in [0.3, 0.4) is 0 Å². The highest BCUT2D eigenvalue weighted by Gasteiger charge is 2.26. The topological polar surface area (TPSA) is 119 Å². The van der Waals surface area contributed by atoms with Crippen LogP contribution in [0, 0.1) is 10.1 Å². The molecule has 3 aromatic rings. The van der Waals surface area contributed by atoms with Gasteiger partial charge in [0.1, 0.15) is 0 Å². The Bertz CT molecular complexity index is 1300. The number of nitrogens with zero attached hydrogens (tertiary/aromatic N) is 2. The Morgan fingerprint density at radius 3 is 2.44 bits per heavy atom. The molecule has 0 aromatic heterocycles. The minimum absolute atomic E-state index is 0.184. The van der Waals surface area contributed by atoms with Crippen molar-refractivity contribution in [2.75, 3.05) is 19.7 Å². The van der Waals surface area contributed by atoms with Gasteiger partial charge in [-0.1, -0.05) is 56.3 Å². The molecule has 1 unspecified atom stereocenters. The Balaban J connectivity index is 1.74. The first-order valence-corrected chi connectivity index (χ1v) is 12.3. The fourth-order valence-corrected chi connectivity index (χ4v) is 5.25. The van der Waals surface area contributed by atoms with Crippen LogP contribution in [-0.2, 0) is 14.8 Å². The molecule has 0 radical (unpaired) electrons. The van der Waals surface area contributed by atoms with E-state index in [2.05, 4.69) is 5.32 Å². The van der Waals surface area contributed by atoms with Gasteiger partial charge in [-0.25, -0.2) is 8.42 Å². The number of ether oxygens (including phenoxy) is 1. The lowest BCUT2D eigenvalue weighted by atomic mass is 10.00. The SMILES string of the molecule is CCN(CC)S(=O)(=O)c1ccc(OCC(=O)NC(C)c2cccc3ccccc23)c([N+](=O)[O-])c1. The molecule has 1 amide bonds. The van der Waals surface area contributed by atoms with Crippen molar-refractivity contribution in [2.24, 2.45) is 0 Å². The highest BCUT2D eigenvalue weighted by molar-refractivity contribution is 7.89. The van der Waals surface area contributed by atoms with Crippen molar-refractivity contribution in [3.63, 3.8) is 0 Å². The van der Waals surface area contributed by atoms with Gasteiger partial charge in [-0.15, -0.1) is 0 Å². The lowest BCUT2D eigenvalue weighted by Gasteiger charge is -2.19. The number of benzene rings is 3. The summed E-state index contributed by atoms with van der Waals surface area (Å²) < 4.78 is 32.0. The highest BCUT2D eigenvalue weighted by atomic mass is 32.2. The molecule has 0 heterocycles. The molecule has 0 saturated heterocycles. The first kappa shape index (κ1) is 25.1. The monoisotopic (exact) mass is 485 g/mol. The van der Waals surface area contributed by atoms with E-state index in [-0.39, 0.29) is 29.8 Å². The number of amides is 1. The molecule has 0 bridgehead atoms. The molecule has 34 heavy (non-hydrogen) atoms. The molecule has 0 spiro atoms. The van der Waals surface area contributed by atoms with Gasteiger partial charge in [0.15, 0.2) is 12.4 Å². The van der Waals surface area contributed by atoms with E-state index < -0.39 is 33.1 Å². The Kier molecular flexibility index (Phi) is 7.85. The Hall–Kier alpha value is -3.50. The van der Waals surface area contributed by atoms with Crippen molar-refractivity contribution in [1.29, 1.82) is 0 Å². The van der Waals surface area contributed by atoms with Gasteiger partial charge in [0.2, 0.25) is 10.0 Å². The molecule has 0 aliphatic carbocycles. The fourth-order valence-electron chi connectivity index (χ4n) is 3.77. The number of nitrogens with one attached hydrogen (secondary N) is 1. The second-order valence-corrected chi connectivity index (χ2v) is 9.56. The number of rotatable bonds is 10. The average molecular weight is 486 g/mol. The molecule has 0 saturated carbocycles. The summed E-state index contributed by atoms with van der Waals surface area (Å²) in [6, 6.07) is 16.7. The van der Waals surface area contributed by atoms with E-state index in [0.717, 1.165) is 22.4 Å². The quantitative estimate of drug-likeness (QED) is 0.342. The summed E-state index contributed by atoms with van der Waals surface area (Å²) in [5, 5.41) is 16.5. The normalized spacial score (nSPS) is 12.5. The molecule has 9 nitrogen and oxygen atoms in total. The Labute approximate surface area is 198 Å². The molecule has 0 fully saturated rings. The minimum Gasteiger partial charge on any atom is -0.477 e. The fraction of sp³-hybridized carbons (Fsp3) is 0.292. The van der Waals surface area contributed by atoms with Crippen LogP contribution in [-0.4, -0.2) is 43.2 Å². The van der Waals surface area contributed by atoms with Crippen LogP contribution in [0.25, 0.3) is 10.8 Å². The van der Waals surface area contributed by atoms with Crippen LogP contribution in [0.15, 0.2) is 65.6 Å². The van der Waals surface area contributed by atoms with Crippen LogP contribution in [0.4, 0.5) is 5.69 Å². The van der Waals surface area contributed by atoms with Crippen LogP contribution in [0.5, 0.6) is 5.75 Å². The van der Waals surface area contributed by atoms with E-state index in [1.807, 2.05) is 49.4 Å². The van der Waals surface area contributed by atoms with Crippen molar-refractivity contribution in [3.8, 4) is 5.75 Å². The zero-order valence-electron chi connectivity index (χ0n) is 19.2. The standard InChI is InChI=1S/C24H27N3O6S/c1-4-26(5-2)34(31,32)19-13-14-23(22(15-19)27(29)30)33-16-24(28)25-17(3)20-12-8-10-18-9-6-7-11-21(18)20/h6-15,17H,4-5,16H2,1-3H3,(H,25,28). The lowest BCUT2D eigenvalue weighted by Crippen LogP contribution is -2.31. The van der Waals surface area contributed by atoms with Crippen molar-refractivity contribution < 1.29 is 22.9 Å². The third kappa shape index (κ3) is 5.35. The van der Waals surface area contributed by atoms with E-state index in [4.69, 9.17) is 4.74 Å². The van der Waals surface area contributed by atoms with Crippen LogP contribution >= 0.6 is 0 Å². The number of nitro groups is 1. The summed E-state index contributed by atoms with van der Waals surface area (Å²) in [7, 11) is -3.88. The van der Waals surface area contributed by atoms with Gasteiger partial charge < -0.3 is 10.1 Å². The van der Waals surface area contributed by atoms with Gasteiger partial charge in [0.05, 0.1) is 15.9 Å². The summed E-state index contributed by atoms with van der Waals surface area (Å²) >= 11 is 0. The van der Waals surface area contributed by atoms with Gasteiger partial charge in [0, 0.05) is 19.2 Å². The Morgan fingerprint density at radius 2 is 1.76 bits per heavy atom. The van der Waals surface area contributed by atoms with E-state index in [0.29, 0.717) is 0 Å². The van der Waals surface area contributed by atoms with Crippen LogP contribution in [0.1, 0.15) is 32.4 Å². The van der Waals surface area contributed by atoms with Crippen molar-refractivity contribution in [3.05, 3.63) is 76.3 Å². The largest absolute Gasteiger partial charge is 0.477 e. The molecular formula is C24H27N3O6S. The molecule has 1 N–H and O–H groups in total. The van der Waals surface area contributed by atoms with Gasteiger partial charge in [0.25, 0.3) is 5.91 Å². The van der Waals surface area contributed by atoms with Crippen molar-refractivity contribution >= 4 is 32.4 Å². The number of nitro benzene ring substituents is 1. The summed E-state index contributed by atoms with van der Waals surface area (Å²) in [6.07, 6.45) is 0.